The smallest absolute Gasteiger partial charge is 0.289 e. The number of nitrogens with zero attached hydrogens (tertiary/aromatic N) is 1. The average Bonchev–Trinajstić information content (AvgIpc) is 3.08. The predicted octanol–water partition coefficient (Wildman–Crippen LogP) is 3.09. The van der Waals surface area contributed by atoms with Crippen LogP contribution in [-0.2, 0) is 0 Å². The summed E-state index contributed by atoms with van der Waals surface area (Å²) in [6.45, 7) is 1.18. The van der Waals surface area contributed by atoms with Crippen molar-refractivity contribution in [2.24, 2.45) is 0 Å². The molecule has 0 bridgehead atoms. The van der Waals surface area contributed by atoms with Crippen molar-refractivity contribution in [1.82, 2.24) is 10.2 Å². The molecule has 2 amide bonds. The lowest BCUT2D eigenvalue weighted by Gasteiger charge is -2.31. The first-order valence-corrected chi connectivity index (χ1v) is 8.85. The number of methoxy groups -OCH3 is 1. The van der Waals surface area contributed by atoms with Crippen LogP contribution in [0.4, 0.5) is 0 Å². The van der Waals surface area contributed by atoms with E-state index in [2.05, 4.69) is 21.2 Å². The van der Waals surface area contributed by atoms with Gasteiger partial charge in [0.05, 0.1) is 7.11 Å². The summed E-state index contributed by atoms with van der Waals surface area (Å²) in [4.78, 5) is 26.4. The number of ether oxygens (including phenoxy) is 1. The topological polar surface area (TPSA) is 71.8 Å². The Labute approximate surface area is 154 Å². The van der Waals surface area contributed by atoms with Crippen LogP contribution in [0.5, 0.6) is 5.75 Å². The van der Waals surface area contributed by atoms with Crippen molar-refractivity contribution in [3.63, 3.8) is 0 Å². The number of hydrogen-bond acceptors (Lipinski definition) is 4. The molecule has 1 saturated heterocycles. The molecule has 0 atom stereocenters. The number of benzene rings is 1. The van der Waals surface area contributed by atoms with E-state index >= 15 is 0 Å². The van der Waals surface area contributed by atoms with E-state index in [4.69, 9.17) is 9.15 Å². The lowest BCUT2D eigenvalue weighted by molar-refractivity contribution is 0.0666. The SMILES string of the molecule is COc1ccc(C(=O)NC2CCN(C(=O)c3ccc(Br)o3)CC2)cc1. The first-order valence-electron chi connectivity index (χ1n) is 8.06. The number of carbonyl (C=O) groups excluding carboxylic acids is 2. The van der Waals surface area contributed by atoms with E-state index in [1.165, 1.54) is 0 Å². The maximum Gasteiger partial charge on any atom is 0.289 e. The first-order chi connectivity index (χ1) is 12.1. The van der Waals surface area contributed by atoms with Crippen molar-refractivity contribution < 1.29 is 18.7 Å². The monoisotopic (exact) mass is 406 g/mol. The number of hydrogen-bond donors (Lipinski definition) is 1. The molecule has 132 valence electrons. The zero-order valence-electron chi connectivity index (χ0n) is 13.8. The third-order valence-electron chi connectivity index (χ3n) is 4.25. The predicted molar refractivity (Wildman–Crippen MR) is 95.8 cm³/mol. The highest BCUT2D eigenvalue weighted by molar-refractivity contribution is 9.10. The van der Waals surface area contributed by atoms with Gasteiger partial charge in [0.15, 0.2) is 10.4 Å². The van der Waals surface area contributed by atoms with Crippen molar-refractivity contribution in [2.75, 3.05) is 20.2 Å². The summed E-state index contributed by atoms with van der Waals surface area (Å²) in [6.07, 6.45) is 1.44. The number of nitrogens with one attached hydrogen (secondary N) is 1. The normalized spacial score (nSPS) is 15.0. The Balaban J connectivity index is 1.51. The average molecular weight is 407 g/mol. The van der Waals surface area contributed by atoms with Crippen molar-refractivity contribution in [3.8, 4) is 5.75 Å². The lowest BCUT2D eigenvalue weighted by Crippen LogP contribution is -2.46. The molecule has 0 aliphatic carbocycles. The van der Waals surface area contributed by atoms with Gasteiger partial charge in [0.1, 0.15) is 5.75 Å². The summed E-state index contributed by atoms with van der Waals surface area (Å²) in [5, 5.41) is 3.03. The number of furan rings is 1. The van der Waals surface area contributed by atoms with Gasteiger partial charge in [-0.3, -0.25) is 9.59 Å². The quantitative estimate of drug-likeness (QED) is 0.846. The number of rotatable bonds is 4. The molecule has 1 N–H and O–H groups in total. The molecular formula is C18H19BrN2O4. The third-order valence-corrected chi connectivity index (χ3v) is 4.68. The van der Waals surface area contributed by atoms with Gasteiger partial charge >= 0.3 is 0 Å². The van der Waals surface area contributed by atoms with Gasteiger partial charge < -0.3 is 19.4 Å². The minimum atomic E-state index is -0.120. The molecule has 2 aromatic rings. The fraction of sp³-hybridized carbons (Fsp3) is 0.333. The Morgan fingerprint density at radius 2 is 1.84 bits per heavy atom. The van der Waals surface area contributed by atoms with Crippen molar-refractivity contribution in [2.45, 2.75) is 18.9 Å². The van der Waals surface area contributed by atoms with Gasteiger partial charge in [0.2, 0.25) is 0 Å². The van der Waals surface area contributed by atoms with E-state index in [9.17, 15) is 9.59 Å². The number of likely N-dealkylation sites (tertiary alicyclic amines) is 1. The van der Waals surface area contributed by atoms with Gasteiger partial charge in [-0.2, -0.15) is 0 Å². The zero-order valence-corrected chi connectivity index (χ0v) is 15.4. The molecule has 6 nitrogen and oxygen atoms in total. The highest BCUT2D eigenvalue weighted by Crippen LogP contribution is 2.19. The second kappa shape index (κ2) is 7.74. The van der Waals surface area contributed by atoms with Crippen LogP contribution in [0.15, 0.2) is 45.5 Å². The molecule has 0 radical (unpaired) electrons. The van der Waals surface area contributed by atoms with E-state index in [1.54, 1.807) is 48.4 Å². The van der Waals surface area contributed by atoms with Crippen LogP contribution in [0.3, 0.4) is 0 Å². The summed E-state index contributed by atoms with van der Waals surface area (Å²) in [5.41, 5.74) is 0.597. The van der Waals surface area contributed by atoms with Crippen LogP contribution in [0, 0.1) is 0 Å². The number of halogens is 1. The molecule has 2 heterocycles. The molecule has 0 saturated carbocycles. The van der Waals surface area contributed by atoms with Crippen molar-refractivity contribution in [1.29, 1.82) is 0 Å². The zero-order chi connectivity index (χ0) is 17.8. The summed E-state index contributed by atoms with van der Waals surface area (Å²) < 4.78 is 10.9. The molecule has 1 aliphatic heterocycles. The molecule has 0 spiro atoms. The van der Waals surface area contributed by atoms with E-state index in [1.807, 2.05) is 0 Å². The number of piperidine rings is 1. The molecular weight excluding hydrogens is 388 g/mol. The van der Waals surface area contributed by atoms with Gasteiger partial charge in [-0.05, 0) is 65.2 Å². The third kappa shape index (κ3) is 4.22. The van der Waals surface area contributed by atoms with E-state index < -0.39 is 0 Å². The Kier molecular flexibility index (Phi) is 5.43. The van der Waals surface area contributed by atoms with Crippen LogP contribution in [0.25, 0.3) is 0 Å². The van der Waals surface area contributed by atoms with Crippen molar-refractivity contribution in [3.05, 3.63) is 52.4 Å². The maximum atomic E-state index is 12.3. The van der Waals surface area contributed by atoms with E-state index in [-0.39, 0.29) is 17.9 Å². The van der Waals surface area contributed by atoms with Crippen LogP contribution in [-0.4, -0.2) is 43.0 Å². The van der Waals surface area contributed by atoms with Crippen molar-refractivity contribution >= 4 is 27.7 Å². The minimum absolute atomic E-state index is 0.0574. The van der Waals surface area contributed by atoms with E-state index in [0.29, 0.717) is 34.8 Å². The molecule has 25 heavy (non-hydrogen) atoms. The Bertz CT molecular complexity index is 749. The molecule has 1 aromatic heterocycles. The molecule has 7 heteroatoms. The summed E-state index contributed by atoms with van der Waals surface area (Å²) in [7, 11) is 1.59. The van der Waals surface area contributed by atoms with Gasteiger partial charge in [-0.1, -0.05) is 0 Å². The van der Waals surface area contributed by atoms with Crippen LogP contribution >= 0.6 is 15.9 Å². The van der Waals surface area contributed by atoms with Gasteiger partial charge in [-0.15, -0.1) is 0 Å². The molecule has 1 fully saturated rings. The summed E-state index contributed by atoms with van der Waals surface area (Å²) >= 11 is 3.20. The molecule has 0 unspecified atom stereocenters. The first kappa shape index (κ1) is 17.5. The molecule has 1 aromatic carbocycles. The number of amides is 2. The minimum Gasteiger partial charge on any atom is -0.497 e. The van der Waals surface area contributed by atoms with Gasteiger partial charge in [0, 0.05) is 24.7 Å². The Morgan fingerprint density at radius 3 is 2.40 bits per heavy atom. The highest BCUT2D eigenvalue weighted by Gasteiger charge is 2.26. The van der Waals surface area contributed by atoms with Crippen LogP contribution < -0.4 is 10.1 Å². The summed E-state index contributed by atoms with van der Waals surface area (Å²) in [6, 6.07) is 10.4. The van der Waals surface area contributed by atoms with Crippen LogP contribution in [0.1, 0.15) is 33.8 Å². The van der Waals surface area contributed by atoms with Gasteiger partial charge in [-0.25, -0.2) is 0 Å². The fourth-order valence-corrected chi connectivity index (χ4v) is 3.13. The van der Waals surface area contributed by atoms with E-state index in [0.717, 1.165) is 12.8 Å². The standard InChI is InChI=1S/C18H19BrN2O4/c1-24-14-4-2-12(3-5-14)17(22)20-13-8-10-21(11-9-13)18(23)15-6-7-16(19)25-15/h2-7,13H,8-11H2,1H3,(H,20,22). The second-order valence-electron chi connectivity index (χ2n) is 5.87. The largest absolute Gasteiger partial charge is 0.497 e. The molecule has 1 aliphatic rings. The number of carbonyl (C=O) groups is 2. The van der Waals surface area contributed by atoms with Crippen LogP contribution in [0.2, 0.25) is 0 Å². The fourth-order valence-electron chi connectivity index (χ4n) is 2.82. The van der Waals surface area contributed by atoms with Gasteiger partial charge in [0.25, 0.3) is 11.8 Å². The maximum absolute atomic E-state index is 12.3. The summed E-state index contributed by atoms with van der Waals surface area (Å²) in [5.74, 6) is 0.813. The Hall–Kier alpha value is -2.28. The lowest BCUT2D eigenvalue weighted by atomic mass is 10.0. The Morgan fingerprint density at radius 1 is 1.16 bits per heavy atom. The molecule has 3 rings (SSSR count). The highest BCUT2D eigenvalue weighted by atomic mass is 79.9. The second-order valence-corrected chi connectivity index (χ2v) is 6.65.